The minimum Gasteiger partial charge on any atom is -0.497 e. The number of benzene rings is 2. The van der Waals surface area contributed by atoms with Crippen molar-refractivity contribution in [3.8, 4) is 23.7 Å². The Bertz CT molecular complexity index is 1020. The predicted molar refractivity (Wildman–Crippen MR) is 96.3 cm³/mol. The number of nitrogens with zero attached hydrogens (tertiary/aromatic N) is 2. The molecule has 1 aromatic heterocycles. The number of ether oxygens (including phenoxy) is 1. The maximum atomic E-state index is 9.61. The Labute approximate surface area is 146 Å². The summed E-state index contributed by atoms with van der Waals surface area (Å²) in [7, 11) is 1.63. The van der Waals surface area contributed by atoms with Crippen molar-refractivity contribution in [1.82, 2.24) is 4.57 Å². The summed E-state index contributed by atoms with van der Waals surface area (Å²) in [5, 5.41) is 11.1. The van der Waals surface area contributed by atoms with Gasteiger partial charge < -0.3 is 9.30 Å². The van der Waals surface area contributed by atoms with Crippen LogP contribution in [-0.4, -0.2) is 11.7 Å². The molecule has 0 saturated heterocycles. The van der Waals surface area contributed by atoms with Gasteiger partial charge in [0.15, 0.2) is 0 Å². The van der Waals surface area contributed by atoms with Crippen molar-refractivity contribution in [2.75, 3.05) is 7.11 Å². The Morgan fingerprint density at radius 2 is 2.00 bits per heavy atom. The smallest absolute Gasteiger partial charge is 0.120 e. The molecular formula is C20H15ClN2O. The van der Waals surface area contributed by atoms with E-state index in [1.54, 1.807) is 7.11 Å². The molecule has 0 aliphatic heterocycles. The van der Waals surface area contributed by atoms with Crippen LogP contribution in [0.2, 0.25) is 5.02 Å². The highest BCUT2D eigenvalue weighted by Gasteiger charge is 2.15. The third-order valence-electron chi connectivity index (χ3n) is 3.85. The first-order valence-corrected chi connectivity index (χ1v) is 7.93. The van der Waals surface area contributed by atoms with E-state index in [4.69, 9.17) is 16.3 Å². The van der Waals surface area contributed by atoms with E-state index in [0.717, 1.165) is 22.2 Å². The Morgan fingerprint density at radius 1 is 1.17 bits per heavy atom. The number of hydrogen-bond donors (Lipinski definition) is 0. The summed E-state index contributed by atoms with van der Waals surface area (Å²) >= 11 is 6.00. The molecule has 0 N–H and O–H groups in total. The number of halogens is 1. The summed E-state index contributed by atoms with van der Waals surface area (Å²) in [5.41, 5.74) is 3.06. The summed E-state index contributed by atoms with van der Waals surface area (Å²) in [6.45, 7) is 2.75. The second-order valence-electron chi connectivity index (χ2n) is 5.22. The van der Waals surface area contributed by atoms with Crippen molar-refractivity contribution in [1.29, 1.82) is 5.26 Å². The zero-order valence-electron chi connectivity index (χ0n) is 13.4. The van der Waals surface area contributed by atoms with E-state index in [1.807, 2.05) is 54.0 Å². The first-order chi connectivity index (χ1) is 11.7. The van der Waals surface area contributed by atoms with Gasteiger partial charge in [-0.15, -0.1) is 0 Å². The molecule has 118 valence electrons. The summed E-state index contributed by atoms with van der Waals surface area (Å²) < 4.78 is 7.34. The van der Waals surface area contributed by atoms with Crippen molar-refractivity contribution in [2.45, 2.75) is 13.5 Å². The monoisotopic (exact) mass is 334 g/mol. The fourth-order valence-electron chi connectivity index (χ4n) is 2.73. The van der Waals surface area contributed by atoms with Gasteiger partial charge in [-0.2, -0.15) is 5.26 Å². The number of fused-ring (bicyclic) bond motifs is 1. The molecule has 2 aromatic carbocycles. The number of aryl methyl sites for hydroxylation is 1. The van der Waals surface area contributed by atoms with E-state index in [0.29, 0.717) is 22.8 Å². The molecule has 0 fully saturated rings. The van der Waals surface area contributed by atoms with Crippen LogP contribution < -0.4 is 4.74 Å². The molecule has 0 bridgehead atoms. The number of aromatic nitrogens is 1. The van der Waals surface area contributed by atoms with Gasteiger partial charge in [0.1, 0.15) is 17.5 Å². The maximum Gasteiger partial charge on any atom is 0.120 e. The lowest BCUT2D eigenvalue weighted by Crippen LogP contribution is -1.98. The van der Waals surface area contributed by atoms with Crippen LogP contribution >= 0.6 is 11.6 Å². The van der Waals surface area contributed by atoms with Gasteiger partial charge >= 0.3 is 0 Å². The van der Waals surface area contributed by atoms with Crippen molar-refractivity contribution in [2.24, 2.45) is 0 Å². The van der Waals surface area contributed by atoms with Crippen molar-refractivity contribution >= 4 is 22.5 Å². The second-order valence-corrected chi connectivity index (χ2v) is 5.66. The molecule has 0 atom stereocenters. The average molecular weight is 335 g/mol. The molecule has 3 rings (SSSR count). The topological polar surface area (TPSA) is 38.0 Å². The Balaban J connectivity index is 2.22. The zero-order valence-corrected chi connectivity index (χ0v) is 14.2. The number of rotatable bonds is 2. The number of hydrogen-bond acceptors (Lipinski definition) is 2. The zero-order chi connectivity index (χ0) is 17.1. The van der Waals surface area contributed by atoms with Gasteiger partial charge in [-0.3, -0.25) is 0 Å². The van der Waals surface area contributed by atoms with Crippen LogP contribution in [0, 0.1) is 23.2 Å². The average Bonchev–Trinajstić information content (AvgIpc) is 2.91. The highest BCUT2D eigenvalue weighted by atomic mass is 35.5. The van der Waals surface area contributed by atoms with Crippen LogP contribution in [0.4, 0.5) is 0 Å². The highest BCUT2D eigenvalue weighted by molar-refractivity contribution is 6.30. The van der Waals surface area contributed by atoms with Gasteiger partial charge in [-0.1, -0.05) is 23.6 Å². The van der Waals surface area contributed by atoms with Crippen LogP contribution in [0.5, 0.6) is 5.75 Å². The van der Waals surface area contributed by atoms with E-state index in [1.165, 1.54) is 0 Å². The fourth-order valence-corrected chi connectivity index (χ4v) is 2.92. The minimum absolute atomic E-state index is 0.587. The third kappa shape index (κ3) is 2.83. The van der Waals surface area contributed by atoms with Crippen LogP contribution in [0.25, 0.3) is 10.9 Å². The molecule has 4 heteroatoms. The number of nitriles is 1. The van der Waals surface area contributed by atoms with Crippen LogP contribution in [0.15, 0.2) is 42.5 Å². The van der Waals surface area contributed by atoms with Gasteiger partial charge in [0.2, 0.25) is 0 Å². The lowest BCUT2D eigenvalue weighted by atomic mass is 10.1. The van der Waals surface area contributed by atoms with E-state index >= 15 is 0 Å². The van der Waals surface area contributed by atoms with Crippen LogP contribution in [-0.2, 0) is 6.54 Å². The lowest BCUT2D eigenvalue weighted by Gasteiger charge is -2.04. The van der Waals surface area contributed by atoms with E-state index in [2.05, 4.69) is 17.9 Å². The molecule has 0 saturated carbocycles. The summed E-state index contributed by atoms with van der Waals surface area (Å²) in [5.74, 6) is 7.01. The second kappa shape index (κ2) is 6.71. The van der Waals surface area contributed by atoms with Gasteiger partial charge in [0, 0.05) is 28.6 Å². The van der Waals surface area contributed by atoms with E-state index in [-0.39, 0.29) is 0 Å². The number of methoxy groups -OCH3 is 1. The molecule has 1 heterocycles. The van der Waals surface area contributed by atoms with Gasteiger partial charge in [-0.25, -0.2) is 0 Å². The molecule has 0 aliphatic rings. The Kier molecular flexibility index (Phi) is 4.47. The summed E-state index contributed by atoms with van der Waals surface area (Å²) in [6.07, 6.45) is 0. The van der Waals surface area contributed by atoms with Crippen LogP contribution in [0.1, 0.15) is 23.7 Å². The first-order valence-electron chi connectivity index (χ1n) is 7.55. The molecular weight excluding hydrogens is 320 g/mol. The molecule has 0 spiro atoms. The molecule has 0 amide bonds. The van der Waals surface area contributed by atoms with Gasteiger partial charge in [-0.05, 0) is 43.2 Å². The van der Waals surface area contributed by atoms with Gasteiger partial charge in [0.25, 0.3) is 0 Å². The normalized spacial score (nSPS) is 10.1. The third-order valence-corrected chi connectivity index (χ3v) is 4.08. The SMILES string of the molecule is CCn1c(C#Cc2cccc(Cl)c2)c(C#N)c2ccc(OC)cc21. The quantitative estimate of drug-likeness (QED) is 0.643. The van der Waals surface area contributed by atoms with E-state index < -0.39 is 0 Å². The molecule has 24 heavy (non-hydrogen) atoms. The van der Waals surface area contributed by atoms with Gasteiger partial charge in [0.05, 0.1) is 18.2 Å². The standard InChI is InChI=1S/C20H15ClN2O/c1-3-23-19(10-7-14-5-4-6-15(21)11-14)18(13-22)17-9-8-16(24-2)12-20(17)23/h4-6,8-9,11-12H,3H2,1-2H3. The molecule has 3 nitrogen and oxygen atoms in total. The van der Waals surface area contributed by atoms with E-state index in [9.17, 15) is 5.26 Å². The van der Waals surface area contributed by atoms with Crippen LogP contribution in [0.3, 0.4) is 0 Å². The van der Waals surface area contributed by atoms with Crippen molar-refractivity contribution in [3.05, 3.63) is 64.3 Å². The van der Waals surface area contributed by atoms with Crippen molar-refractivity contribution in [3.63, 3.8) is 0 Å². The fraction of sp³-hybridized carbons (Fsp3) is 0.150. The van der Waals surface area contributed by atoms with Crippen molar-refractivity contribution < 1.29 is 4.74 Å². The summed E-state index contributed by atoms with van der Waals surface area (Å²) in [4.78, 5) is 0. The maximum absolute atomic E-state index is 9.61. The highest BCUT2D eigenvalue weighted by Crippen LogP contribution is 2.28. The molecule has 0 aliphatic carbocycles. The molecule has 0 radical (unpaired) electrons. The minimum atomic E-state index is 0.587. The first kappa shape index (κ1) is 16.0. The Hall–Kier alpha value is -2.88. The Morgan fingerprint density at radius 3 is 2.67 bits per heavy atom. The molecule has 0 unspecified atom stereocenters. The predicted octanol–water partition coefficient (Wildman–Crippen LogP) is 4.59. The largest absolute Gasteiger partial charge is 0.497 e. The summed E-state index contributed by atoms with van der Waals surface area (Å²) in [6, 6.07) is 15.4. The lowest BCUT2D eigenvalue weighted by molar-refractivity contribution is 0.415. The molecule has 3 aromatic rings.